The van der Waals surface area contributed by atoms with Gasteiger partial charge in [-0.15, -0.1) is 0 Å². The van der Waals surface area contributed by atoms with Crippen LogP contribution in [0.2, 0.25) is 0 Å². The molecule has 0 saturated carbocycles. The summed E-state index contributed by atoms with van der Waals surface area (Å²) in [5, 5.41) is 0.900. The van der Waals surface area contributed by atoms with Gasteiger partial charge in [-0.2, -0.15) is 13.2 Å². The van der Waals surface area contributed by atoms with Crippen LogP contribution in [0.25, 0.3) is 33.2 Å². The molecule has 47 heavy (non-hydrogen) atoms. The Morgan fingerprint density at radius 2 is 1.89 bits per heavy atom. The first-order valence-corrected chi connectivity index (χ1v) is 14.7. The van der Waals surface area contributed by atoms with Crippen LogP contribution in [0, 0.1) is 0 Å². The molecule has 0 bridgehead atoms. The number of imidazole rings is 2. The molecule has 1 unspecified atom stereocenters. The van der Waals surface area contributed by atoms with Crippen molar-refractivity contribution >= 4 is 27.8 Å². The second kappa shape index (κ2) is 12.1. The second-order valence-corrected chi connectivity index (χ2v) is 11.1. The number of amides is 1. The van der Waals surface area contributed by atoms with Gasteiger partial charge in [0.15, 0.2) is 6.39 Å². The van der Waals surface area contributed by atoms with Gasteiger partial charge >= 0.3 is 6.18 Å². The number of benzene rings is 2. The first-order valence-electron chi connectivity index (χ1n) is 14.7. The Morgan fingerprint density at radius 3 is 2.66 bits per heavy atom. The van der Waals surface area contributed by atoms with Crippen molar-refractivity contribution in [2.24, 2.45) is 0 Å². The number of alkyl halides is 3. The quantitative estimate of drug-likeness (QED) is 0.241. The number of nitrogens with zero attached hydrogens (tertiary/aromatic N) is 7. The standard InChI is InChI=1S/C32H29F3N8O4/c1-45-21-7-8-24-26(12-21)43(31(40-24)32(33,34)35)16-28(44)42-10-9-41(14-20-17-47-18-37-20)15-27(42)29-36-13-25(38-29)22-11-19-5-3-4-6-23(19)39-30(22)46-2/h3-8,11-13,17-18,27H,9-10,14-16H2,1-2H3,(H,36,38). The van der Waals surface area contributed by atoms with E-state index in [1.54, 1.807) is 17.4 Å². The van der Waals surface area contributed by atoms with E-state index >= 15 is 0 Å². The molecule has 6 aromatic rings. The van der Waals surface area contributed by atoms with Gasteiger partial charge in [0.2, 0.25) is 17.6 Å². The lowest BCUT2D eigenvalue weighted by atomic mass is 10.1. The Hall–Kier alpha value is -5.44. The lowest BCUT2D eigenvalue weighted by molar-refractivity contribution is -0.148. The van der Waals surface area contributed by atoms with Crippen molar-refractivity contribution in [1.82, 2.24) is 39.3 Å². The van der Waals surface area contributed by atoms with Crippen molar-refractivity contribution in [1.29, 1.82) is 0 Å². The first kappa shape index (κ1) is 30.2. The number of halogens is 3. The monoisotopic (exact) mass is 646 g/mol. The Bertz CT molecular complexity index is 2060. The molecule has 1 aliphatic rings. The minimum atomic E-state index is -4.79. The van der Waals surface area contributed by atoms with Gasteiger partial charge in [0.05, 0.1) is 53.9 Å². The van der Waals surface area contributed by atoms with Crippen LogP contribution in [0.5, 0.6) is 11.6 Å². The lowest BCUT2D eigenvalue weighted by Crippen LogP contribution is -2.51. The molecule has 1 amide bonds. The summed E-state index contributed by atoms with van der Waals surface area (Å²) < 4.78 is 59.4. The van der Waals surface area contributed by atoms with Crippen LogP contribution in [-0.2, 0) is 24.1 Å². The van der Waals surface area contributed by atoms with Gasteiger partial charge in [-0.05, 0) is 24.3 Å². The number of ether oxygens (including phenoxy) is 2. The van der Waals surface area contributed by atoms with Crippen LogP contribution in [0.15, 0.2) is 71.8 Å². The fourth-order valence-corrected chi connectivity index (χ4v) is 5.98. The fourth-order valence-electron chi connectivity index (χ4n) is 5.98. The number of fused-ring (bicyclic) bond motifs is 2. The lowest BCUT2D eigenvalue weighted by Gasteiger charge is -2.40. The molecule has 2 aromatic carbocycles. The summed E-state index contributed by atoms with van der Waals surface area (Å²) in [7, 11) is 2.95. The summed E-state index contributed by atoms with van der Waals surface area (Å²) in [6.07, 6.45) is -0.252. The van der Waals surface area contributed by atoms with Crippen molar-refractivity contribution in [2.45, 2.75) is 25.3 Å². The summed E-state index contributed by atoms with van der Waals surface area (Å²) in [6, 6.07) is 13.4. The molecular weight excluding hydrogens is 617 g/mol. The summed E-state index contributed by atoms with van der Waals surface area (Å²) in [6.45, 7) is 0.887. The molecule has 0 radical (unpaired) electrons. The zero-order valence-corrected chi connectivity index (χ0v) is 25.4. The number of para-hydroxylation sites is 1. The van der Waals surface area contributed by atoms with Crippen LogP contribution >= 0.6 is 0 Å². The van der Waals surface area contributed by atoms with Gasteiger partial charge in [-0.3, -0.25) is 9.69 Å². The van der Waals surface area contributed by atoms with E-state index in [1.807, 2.05) is 30.3 Å². The number of rotatable bonds is 8. The second-order valence-electron chi connectivity index (χ2n) is 11.1. The SMILES string of the molecule is COc1ccc2nc(C(F)(F)F)n(CC(=O)N3CCN(Cc4cocn4)CC3c3ncc(-c4cc5ccccc5nc4OC)[nH]3)c2c1. The maximum Gasteiger partial charge on any atom is 0.449 e. The summed E-state index contributed by atoms with van der Waals surface area (Å²) in [5.74, 6) is -0.481. The molecule has 0 spiro atoms. The summed E-state index contributed by atoms with van der Waals surface area (Å²) in [4.78, 5) is 38.3. The first-order chi connectivity index (χ1) is 22.7. The van der Waals surface area contributed by atoms with Crippen LogP contribution in [0.4, 0.5) is 13.2 Å². The van der Waals surface area contributed by atoms with Crippen molar-refractivity contribution < 1.29 is 31.9 Å². The number of methoxy groups -OCH3 is 2. The number of pyridine rings is 1. The highest BCUT2D eigenvalue weighted by Gasteiger charge is 2.40. The number of H-pyrrole nitrogens is 1. The molecule has 0 aliphatic carbocycles. The fraction of sp³-hybridized carbons (Fsp3) is 0.281. The maximum atomic E-state index is 14.2. The molecule has 15 heteroatoms. The molecule has 5 heterocycles. The van der Waals surface area contributed by atoms with Crippen LogP contribution in [0.1, 0.15) is 23.4 Å². The Morgan fingerprint density at radius 1 is 1.04 bits per heavy atom. The van der Waals surface area contributed by atoms with E-state index in [0.29, 0.717) is 54.0 Å². The average molecular weight is 647 g/mol. The van der Waals surface area contributed by atoms with Gasteiger partial charge in [0.25, 0.3) is 0 Å². The summed E-state index contributed by atoms with van der Waals surface area (Å²) >= 11 is 0. The zero-order chi connectivity index (χ0) is 32.7. The number of piperazine rings is 1. The number of nitrogens with one attached hydrogen (secondary N) is 1. The van der Waals surface area contributed by atoms with E-state index in [0.717, 1.165) is 15.5 Å². The molecule has 1 saturated heterocycles. The van der Waals surface area contributed by atoms with Gasteiger partial charge in [0, 0.05) is 37.6 Å². The molecule has 1 atom stereocenters. The van der Waals surface area contributed by atoms with E-state index in [-0.39, 0.29) is 17.6 Å². The van der Waals surface area contributed by atoms with E-state index in [2.05, 4.69) is 29.8 Å². The number of hydrogen-bond acceptors (Lipinski definition) is 9. The van der Waals surface area contributed by atoms with E-state index in [1.165, 1.54) is 38.8 Å². The van der Waals surface area contributed by atoms with Crippen molar-refractivity contribution in [2.75, 3.05) is 33.9 Å². The van der Waals surface area contributed by atoms with Gasteiger partial charge < -0.3 is 28.3 Å². The topological polar surface area (TPSA) is 127 Å². The Kier molecular flexibility index (Phi) is 7.75. The van der Waals surface area contributed by atoms with E-state index < -0.39 is 30.5 Å². The molecule has 242 valence electrons. The number of hydrogen-bond donors (Lipinski definition) is 1. The third-order valence-electron chi connectivity index (χ3n) is 8.24. The molecule has 4 aromatic heterocycles. The molecule has 1 fully saturated rings. The predicted molar refractivity (Wildman–Crippen MR) is 163 cm³/mol. The number of carbonyl (C=O) groups is 1. The molecule has 12 nitrogen and oxygen atoms in total. The number of oxazole rings is 1. The van der Waals surface area contributed by atoms with E-state index in [9.17, 15) is 18.0 Å². The van der Waals surface area contributed by atoms with Crippen LogP contribution < -0.4 is 9.47 Å². The highest BCUT2D eigenvalue weighted by molar-refractivity contribution is 5.85. The Labute approximate surface area is 265 Å². The van der Waals surface area contributed by atoms with Gasteiger partial charge in [-0.25, -0.2) is 19.9 Å². The Balaban J connectivity index is 1.24. The smallest absolute Gasteiger partial charge is 0.449 e. The normalized spacial score (nSPS) is 15.9. The van der Waals surface area contributed by atoms with Crippen molar-refractivity contribution in [3.8, 4) is 22.9 Å². The average Bonchev–Trinajstić information content (AvgIpc) is 3.85. The van der Waals surface area contributed by atoms with Crippen molar-refractivity contribution in [3.05, 3.63) is 84.7 Å². The van der Waals surface area contributed by atoms with Crippen molar-refractivity contribution in [3.63, 3.8) is 0 Å². The minimum Gasteiger partial charge on any atom is -0.497 e. The number of carbonyl (C=O) groups excluding carboxylic acids is 1. The van der Waals surface area contributed by atoms with Gasteiger partial charge in [0.1, 0.15) is 30.4 Å². The molecule has 7 rings (SSSR count). The predicted octanol–water partition coefficient (Wildman–Crippen LogP) is 5.08. The van der Waals surface area contributed by atoms with Crippen LogP contribution in [-0.4, -0.2) is 79.0 Å². The zero-order valence-electron chi connectivity index (χ0n) is 25.4. The van der Waals surface area contributed by atoms with Crippen LogP contribution in [0.3, 0.4) is 0 Å². The molecule has 1 N–H and O–H groups in total. The minimum absolute atomic E-state index is 0.105. The highest BCUT2D eigenvalue weighted by Crippen LogP contribution is 2.35. The molecule has 1 aliphatic heterocycles. The molecular formula is C32H29F3N8O4. The summed E-state index contributed by atoms with van der Waals surface area (Å²) in [5.41, 5.74) is 3.01. The largest absolute Gasteiger partial charge is 0.497 e. The maximum absolute atomic E-state index is 14.2. The number of aromatic amines is 1. The van der Waals surface area contributed by atoms with E-state index in [4.69, 9.17) is 13.9 Å². The third-order valence-corrected chi connectivity index (χ3v) is 8.24. The highest BCUT2D eigenvalue weighted by atomic mass is 19.4. The van der Waals surface area contributed by atoms with Gasteiger partial charge in [-0.1, -0.05) is 18.2 Å². The number of aromatic nitrogens is 6. The third kappa shape index (κ3) is 5.85.